The molecule has 0 rings (SSSR count). The summed E-state index contributed by atoms with van der Waals surface area (Å²) in [5.74, 6) is 0.285. The van der Waals surface area contributed by atoms with E-state index in [2.05, 4.69) is 0 Å². The molecule has 0 spiro atoms. The van der Waals surface area contributed by atoms with E-state index in [1.54, 1.807) is 6.08 Å². The summed E-state index contributed by atoms with van der Waals surface area (Å²) < 4.78 is 0. The molecule has 0 aliphatic heterocycles. The van der Waals surface area contributed by atoms with Crippen LogP contribution < -0.4 is 0 Å². The Bertz CT molecular complexity index is 153. The lowest BCUT2D eigenvalue weighted by Crippen LogP contribution is -2.19. The molecule has 2 heteroatoms. The zero-order valence-corrected chi connectivity index (χ0v) is 8.11. The molecular formula is C9H15ClO. The number of hydrogen-bond acceptors (Lipinski definition) is 1. The van der Waals surface area contributed by atoms with Crippen molar-refractivity contribution in [3.63, 3.8) is 0 Å². The molecule has 0 aromatic rings. The fourth-order valence-electron chi connectivity index (χ4n) is 0.652. The van der Waals surface area contributed by atoms with Crippen LogP contribution in [-0.4, -0.2) is 5.78 Å². The minimum absolute atomic E-state index is 0.208. The van der Waals surface area contributed by atoms with Gasteiger partial charge in [-0.2, -0.15) is 0 Å². The average molecular weight is 175 g/mol. The first kappa shape index (κ1) is 10.7. The summed E-state index contributed by atoms with van der Waals surface area (Å²) in [5.41, 5.74) is 1.25. The predicted molar refractivity (Wildman–Crippen MR) is 48.7 cm³/mol. The molecule has 11 heavy (non-hydrogen) atoms. The van der Waals surface area contributed by atoms with Crippen molar-refractivity contribution in [3.8, 4) is 0 Å². The Morgan fingerprint density at radius 1 is 1.45 bits per heavy atom. The van der Waals surface area contributed by atoms with Crippen LogP contribution in [0.25, 0.3) is 0 Å². The van der Waals surface area contributed by atoms with Crippen LogP contribution in [0.15, 0.2) is 11.6 Å². The Balaban J connectivity index is 3.71. The van der Waals surface area contributed by atoms with Gasteiger partial charge in [0, 0.05) is 17.4 Å². The summed E-state index contributed by atoms with van der Waals surface area (Å²) in [6.45, 7) is 5.79. The monoisotopic (exact) mass is 174 g/mol. The minimum atomic E-state index is -0.208. The van der Waals surface area contributed by atoms with E-state index in [1.165, 1.54) is 5.54 Å². The van der Waals surface area contributed by atoms with Crippen molar-refractivity contribution in [3.05, 3.63) is 11.6 Å². The van der Waals surface area contributed by atoms with Gasteiger partial charge in [-0.3, -0.25) is 4.79 Å². The quantitative estimate of drug-likeness (QED) is 0.643. The fraction of sp³-hybridized carbons (Fsp3) is 0.667. The molecule has 0 fully saturated rings. The van der Waals surface area contributed by atoms with Crippen LogP contribution in [0.2, 0.25) is 0 Å². The standard InChI is InChI=1S/C9H15ClO/c1-9(2,3)8(11)6-4-5-7-10/h5,7H,4,6H2,1-3H3/b7-5+. The minimum Gasteiger partial charge on any atom is -0.299 e. The second kappa shape index (κ2) is 4.55. The van der Waals surface area contributed by atoms with E-state index in [4.69, 9.17) is 11.6 Å². The Morgan fingerprint density at radius 3 is 2.36 bits per heavy atom. The van der Waals surface area contributed by atoms with Gasteiger partial charge in [0.2, 0.25) is 0 Å². The molecule has 0 aromatic carbocycles. The van der Waals surface area contributed by atoms with E-state index in [0.717, 1.165) is 6.42 Å². The van der Waals surface area contributed by atoms with Gasteiger partial charge in [-0.05, 0) is 6.42 Å². The molecule has 0 amide bonds. The molecule has 0 aromatic heterocycles. The molecule has 0 aliphatic carbocycles. The van der Waals surface area contributed by atoms with E-state index in [1.807, 2.05) is 20.8 Å². The SMILES string of the molecule is CC(C)(C)C(=O)CC/C=C/Cl. The van der Waals surface area contributed by atoms with Gasteiger partial charge >= 0.3 is 0 Å². The summed E-state index contributed by atoms with van der Waals surface area (Å²) in [7, 11) is 0. The van der Waals surface area contributed by atoms with Crippen LogP contribution in [0.4, 0.5) is 0 Å². The summed E-state index contributed by atoms with van der Waals surface area (Å²) in [6, 6.07) is 0. The molecular weight excluding hydrogens is 160 g/mol. The zero-order valence-electron chi connectivity index (χ0n) is 7.36. The first-order chi connectivity index (χ1) is 4.98. The van der Waals surface area contributed by atoms with Gasteiger partial charge in [-0.25, -0.2) is 0 Å². The van der Waals surface area contributed by atoms with Crippen molar-refractivity contribution >= 4 is 17.4 Å². The third-order valence-corrected chi connectivity index (χ3v) is 1.64. The van der Waals surface area contributed by atoms with Crippen LogP contribution >= 0.6 is 11.6 Å². The maximum atomic E-state index is 11.3. The number of ketones is 1. The van der Waals surface area contributed by atoms with Gasteiger partial charge in [-0.1, -0.05) is 38.4 Å². The van der Waals surface area contributed by atoms with Crippen molar-refractivity contribution in [1.29, 1.82) is 0 Å². The summed E-state index contributed by atoms with van der Waals surface area (Å²) in [5, 5.41) is 0. The molecule has 0 N–H and O–H groups in total. The normalized spacial score (nSPS) is 12.4. The van der Waals surface area contributed by atoms with Crippen LogP contribution in [0, 0.1) is 5.41 Å². The first-order valence-electron chi connectivity index (χ1n) is 3.77. The number of carbonyl (C=O) groups excluding carboxylic acids is 1. The van der Waals surface area contributed by atoms with E-state index in [9.17, 15) is 4.79 Å². The Hall–Kier alpha value is -0.300. The third kappa shape index (κ3) is 5.02. The van der Waals surface area contributed by atoms with Crippen molar-refractivity contribution < 1.29 is 4.79 Å². The number of carbonyl (C=O) groups is 1. The second-order valence-corrected chi connectivity index (χ2v) is 3.83. The van der Waals surface area contributed by atoms with E-state index < -0.39 is 0 Å². The van der Waals surface area contributed by atoms with Gasteiger partial charge in [-0.15, -0.1) is 0 Å². The lowest BCUT2D eigenvalue weighted by Gasteiger charge is -2.15. The van der Waals surface area contributed by atoms with E-state index in [0.29, 0.717) is 6.42 Å². The summed E-state index contributed by atoms with van der Waals surface area (Å²) >= 11 is 5.31. The lowest BCUT2D eigenvalue weighted by atomic mass is 9.88. The lowest BCUT2D eigenvalue weighted by molar-refractivity contribution is -0.126. The number of hydrogen-bond donors (Lipinski definition) is 0. The van der Waals surface area contributed by atoms with Crippen LogP contribution in [0.5, 0.6) is 0 Å². The average Bonchev–Trinajstić information content (AvgIpc) is 1.86. The molecule has 1 nitrogen and oxygen atoms in total. The van der Waals surface area contributed by atoms with Crippen LogP contribution in [0.1, 0.15) is 33.6 Å². The maximum Gasteiger partial charge on any atom is 0.138 e. The van der Waals surface area contributed by atoms with Crippen LogP contribution in [-0.2, 0) is 4.79 Å². The predicted octanol–water partition coefficient (Wildman–Crippen LogP) is 3.13. The topological polar surface area (TPSA) is 17.1 Å². The third-order valence-electron chi connectivity index (χ3n) is 1.46. The molecule has 0 atom stereocenters. The van der Waals surface area contributed by atoms with Gasteiger partial charge in [0.05, 0.1) is 0 Å². The van der Waals surface area contributed by atoms with E-state index in [-0.39, 0.29) is 11.2 Å². The van der Waals surface area contributed by atoms with Gasteiger partial charge in [0.25, 0.3) is 0 Å². The molecule has 0 radical (unpaired) electrons. The van der Waals surface area contributed by atoms with Gasteiger partial charge < -0.3 is 0 Å². The molecule has 0 bridgehead atoms. The highest BCUT2D eigenvalue weighted by molar-refractivity contribution is 6.25. The smallest absolute Gasteiger partial charge is 0.138 e. The fourth-order valence-corrected chi connectivity index (χ4v) is 0.778. The Morgan fingerprint density at radius 2 is 2.00 bits per heavy atom. The molecule has 0 heterocycles. The number of halogens is 1. The maximum absolute atomic E-state index is 11.3. The number of rotatable bonds is 3. The Labute approximate surface area is 73.4 Å². The van der Waals surface area contributed by atoms with Gasteiger partial charge in [0.15, 0.2) is 0 Å². The highest BCUT2D eigenvalue weighted by Crippen LogP contribution is 2.17. The van der Waals surface area contributed by atoms with E-state index >= 15 is 0 Å². The Kier molecular flexibility index (Phi) is 4.43. The van der Waals surface area contributed by atoms with Crippen molar-refractivity contribution in [2.24, 2.45) is 5.41 Å². The zero-order chi connectivity index (χ0) is 8.91. The summed E-state index contributed by atoms with van der Waals surface area (Å²) in [4.78, 5) is 11.3. The summed E-state index contributed by atoms with van der Waals surface area (Å²) in [6.07, 6.45) is 3.14. The largest absolute Gasteiger partial charge is 0.299 e. The highest BCUT2D eigenvalue weighted by atomic mass is 35.5. The number of allylic oxidation sites excluding steroid dienone is 1. The molecule has 0 saturated heterocycles. The second-order valence-electron chi connectivity index (χ2n) is 3.57. The van der Waals surface area contributed by atoms with Crippen molar-refractivity contribution in [2.45, 2.75) is 33.6 Å². The van der Waals surface area contributed by atoms with Gasteiger partial charge in [0.1, 0.15) is 5.78 Å². The van der Waals surface area contributed by atoms with Crippen molar-refractivity contribution in [2.75, 3.05) is 0 Å². The molecule has 64 valence electrons. The van der Waals surface area contributed by atoms with Crippen LogP contribution in [0.3, 0.4) is 0 Å². The first-order valence-corrected chi connectivity index (χ1v) is 4.20. The van der Waals surface area contributed by atoms with Crippen molar-refractivity contribution in [1.82, 2.24) is 0 Å². The molecule has 0 aliphatic rings. The molecule has 0 saturated carbocycles. The molecule has 0 unspecified atom stereocenters. The highest BCUT2D eigenvalue weighted by Gasteiger charge is 2.19. The number of Topliss-reactive ketones (excluding diaryl/α,β-unsaturated/α-hetero) is 1.